The third-order valence-electron chi connectivity index (χ3n) is 3.67. The minimum absolute atomic E-state index is 0.642. The highest BCUT2D eigenvalue weighted by molar-refractivity contribution is 5.78. The van der Waals surface area contributed by atoms with E-state index in [4.69, 9.17) is 10.2 Å². The van der Waals surface area contributed by atoms with Gasteiger partial charge in [-0.25, -0.2) is 9.97 Å². The van der Waals surface area contributed by atoms with Crippen LogP contribution in [0.25, 0.3) is 16.9 Å². The summed E-state index contributed by atoms with van der Waals surface area (Å²) in [5, 5.41) is 3.25. The van der Waals surface area contributed by atoms with E-state index in [1.807, 2.05) is 53.2 Å². The lowest BCUT2D eigenvalue weighted by molar-refractivity contribution is 0.568. The van der Waals surface area contributed by atoms with Gasteiger partial charge < -0.3 is 15.5 Å². The van der Waals surface area contributed by atoms with Gasteiger partial charge in [-0.05, 0) is 35.9 Å². The fraction of sp³-hybridized carbons (Fsp3) is 0. The van der Waals surface area contributed by atoms with E-state index in [-0.39, 0.29) is 0 Å². The first-order valence-corrected chi connectivity index (χ1v) is 7.44. The van der Waals surface area contributed by atoms with E-state index in [0.29, 0.717) is 11.5 Å². The second-order valence-corrected chi connectivity index (χ2v) is 5.29. The number of nitrogens with one attached hydrogen (secondary N) is 1. The molecule has 3 N–H and O–H groups in total. The summed E-state index contributed by atoms with van der Waals surface area (Å²) < 4.78 is 6.95. The molecule has 0 atom stereocenters. The molecule has 0 aliphatic heterocycles. The van der Waals surface area contributed by atoms with Crippen LogP contribution in [0.15, 0.2) is 78.1 Å². The smallest absolute Gasteiger partial charge is 0.140 e. The molecular formula is C18H15N5O. The molecule has 118 valence electrons. The Labute approximate surface area is 138 Å². The van der Waals surface area contributed by atoms with Crippen molar-refractivity contribution in [3.05, 3.63) is 73.7 Å². The molecule has 1 aromatic carbocycles. The van der Waals surface area contributed by atoms with E-state index < -0.39 is 0 Å². The summed E-state index contributed by atoms with van der Waals surface area (Å²) in [6, 6.07) is 13.5. The fourth-order valence-electron chi connectivity index (χ4n) is 2.45. The minimum Gasteiger partial charge on any atom is -0.472 e. The van der Waals surface area contributed by atoms with Crippen LogP contribution in [0.2, 0.25) is 0 Å². The van der Waals surface area contributed by atoms with Crippen molar-refractivity contribution in [2.45, 2.75) is 0 Å². The number of imidazole rings is 1. The van der Waals surface area contributed by atoms with Crippen molar-refractivity contribution in [2.24, 2.45) is 0 Å². The molecule has 0 saturated carbocycles. The Hall–Kier alpha value is -3.54. The van der Waals surface area contributed by atoms with Crippen LogP contribution < -0.4 is 11.1 Å². The monoisotopic (exact) mass is 317 g/mol. The number of benzene rings is 1. The number of nitrogens with zero attached hydrogens (tertiary/aromatic N) is 3. The predicted molar refractivity (Wildman–Crippen MR) is 93.2 cm³/mol. The summed E-state index contributed by atoms with van der Waals surface area (Å²) in [4.78, 5) is 8.60. The molecule has 0 spiro atoms. The number of hydrogen-bond donors (Lipinski definition) is 2. The van der Waals surface area contributed by atoms with E-state index in [1.165, 1.54) is 0 Å². The Morgan fingerprint density at radius 3 is 2.79 bits per heavy atom. The molecule has 0 saturated heterocycles. The SMILES string of the molecule is Nc1cc(-c2ccoc2)ccc1Nc1cccc(-n2ccnc2)n1. The quantitative estimate of drug-likeness (QED) is 0.559. The number of anilines is 3. The average Bonchev–Trinajstić information content (AvgIpc) is 3.31. The number of nitrogen functional groups attached to an aromatic ring is 1. The molecule has 0 aliphatic carbocycles. The standard InChI is InChI=1S/C18H15N5O/c19-15-10-13(14-6-9-24-11-14)4-5-16(15)21-17-2-1-3-18(22-17)23-8-7-20-12-23/h1-12H,19H2,(H,21,22). The van der Waals surface area contributed by atoms with Crippen molar-refractivity contribution in [2.75, 3.05) is 11.1 Å². The summed E-state index contributed by atoms with van der Waals surface area (Å²) in [5.41, 5.74) is 9.62. The van der Waals surface area contributed by atoms with Crippen LogP contribution in [0.3, 0.4) is 0 Å². The zero-order valence-electron chi connectivity index (χ0n) is 12.8. The van der Waals surface area contributed by atoms with Crippen LogP contribution in [0.4, 0.5) is 17.2 Å². The van der Waals surface area contributed by atoms with Gasteiger partial charge in [0.25, 0.3) is 0 Å². The molecule has 4 rings (SSSR count). The van der Waals surface area contributed by atoms with Crippen molar-refractivity contribution < 1.29 is 4.42 Å². The van der Waals surface area contributed by atoms with Gasteiger partial charge in [-0.3, -0.25) is 4.57 Å². The van der Waals surface area contributed by atoms with Crippen molar-refractivity contribution in [1.29, 1.82) is 0 Å². The van der Waals surface area contributed by atoms with Crippen LogP contribution in [0.5, 0.6) is 0 Å². The number of pyridine rings is 1. The van der Waals surface area contributed by atoms with Gasteiger partial charge in [-0.1, -0.05) is 12.1 Å². The zero-order chi connectivity index (χ0) is 16.4. The Morgan fingerprint density at radius 1 is 1.08 bits per heavy atom. The summed E-state index contributed by atoms with van der Waals surface area (Å²) in [7, 11) is 0. The van der Waals surface area contributed by atoms with Gasteiger partial charge in [-0.2, -0.15) is 0 Å². The second kappa shape index (κ2) is 5.92. The molecule has 0 unspecified atom stereocenters. The van der Waals surface area contributed by atoms with Crippen LogP contribution in [0, 0.1) is 0 Å². The molecule has 3 aromatic heterocycles. The highest BCUT2D eigenvalue weighted by Gasteiger charge is 2.06. The molecule has 0 amide bonds. The first kappa shape index (κ1) is 14.1. The van der Waals surface area contributed by atoms with Crippen molar-refractivity contribution in [3.63, 3.8) is 0 Å². The molecule has 3 heterocycles. The van der Waals surface area contributed by atoms with Crippen LogP contribution >= 0.6 is 0 Å². The third kappa shape index (κ3) is 2.72. The maximum Gasteiger partial charge on any atom is 0.140 e. The molecule has 0 fully saturated rings. The Kier molecular flexibility index (Phi) is 3.47. The van der Waals surface area contributed by atoms with Crippen molar-refractivity contribution in [1.82, 2.24) is 14.5 Å². The molecule has 6 nitrogen and oxygen atoms in total. The fourth-order valence-corrected chi connectivity index (χ4v) is 2.45. The van der Waals surface area contributed by atoms with Gasteiger partial charge in [0, 0.05) is 18.0 Å². The van der Waals surface area contributed by atoms with Crippen molar-refractivity contribution in [3.8, 4) is 16.9 Å². The third-order valence-corrected chi connectivity index (χ3v) is 3.67. The van der Waals surface area contributed by atoms with Crippen LogP contribution in [-0.4, -0.2) is 14.5 Å². The van der Waals surface area contributed by atoms with E-state index in [9.17, 15) is 0 Å². The number of furan rings is 1. The van der Waals surface area contributed by atoms with E-state index in [1.54, 1.807) is 25.1 Å². The normalized spacial score (nSPS) is 10.7. The maximum absolute atomic E-state index is 6.17. The Morgan fingerprint density at radius 2 is 2.04 bits per heavy atom. The second-order valence-electron chi connectivity index (χ2n) is 5.29. The van der Waals surface area contributed by atoms with E-state index in [0.717, 1.165) is 22.6 Å². The van der Waals surface area contributed by atoms with Gasteiger partial charge in [0.15, 0.2) is 0 Å². The first-order valence-electron chi connectivity index (χ1n) is 7.44. The first-order chi connectivity index (χ1) is 11.8. The topological polar surface area (TPSA) is 81.9 Å². The molecule has 0 radical (unpaired) electrons. The Balaban J connectivity index is 1.61. The maximum atomic E-state index is 6.17. The molecule has 0 bridgehead atoms. The molecular weight excluding hydrogens is 302 g/mol. The minimum atomic E-state index is 0.642. The highest BCUT2D eigenvalue weighted by atomic mass is 16.3. The average molecular weight is 317 g/mol. The van der Waals surface area contributed by atoms with Gasteiger partial charge in [0.05, 0.1) is 23.9 Å². The number of hydrogen-bond acceptors (Lipinski definition) is 5. The number of aromatic nitrogens is 3. The van der Waals surface area contributed by atoms with Crippen LogP contribution in [0.1, 0.15) is 0 Å². The van der Waals surface area contributed by atoms with Gasteiger partial charge >= 0.3 is 0 Å². The lowest BCUT2D eigenvalue weighted by Crippen LogP contribution is -2.01. The summed E-state index contributed by atoms with van der Waals surface area (Å²) in [6.45, 7) is 0. The largest absolute Gasteiger partial charge is 0.472 e. The van der Waals surface area contributed by atoms with E-state index in [2.05, 4.69) is 15.3 Å². The predicted octanol–water partition coefficient (Wildman–Crippen LogP) is 3.85. The van der Waals surface area contributed by atoms with Crippen LogP contribution in [-0.2, 0) is 0 Å². The number of rotatable bonds is 4. The summed E-state index contributed by atoms with van der Waals surface area (Å²) in [5.74, 6) is 1.50. The lowest BCUT2D eigenvalue weighted by atomic mass is 10.1. The molecule has 24 heavy (non-hydrogen) atoms. The highest BCUT2D eigenvalue weighted by Crippen LogP contribution is 2.29. The molecule has 0 aliphatic rings. The van der Waals surface area contributed by atoms with Crippen molar-refractivity contribution >= 4 is 17.2 Å². The molecule has 6 heteroatoms. The van der Waals surface area contributed by atoms with Gasteiger partial charge in [-0.15, -0.1) is 0 Å². The van der Waals surface area contributed by atoms with Gasteiger partial charge in [0.2, 0.25) is 0 Å². The molecule has 4 aromatic rings. The summed E-state index contributed by atoms with van der Waals surface area (Å²) in [6.07, 6.45) is 8.61. The van der Waals surface area contributed by atoms with Gasteiger partial charge in [0.1, 0.15) is 18.0 Å². The summed E-state index contributed by atoms with van der Waals surface area (Å²) >= 11 is 0. The lowest BCUT2D eigenvalue weighted by Gasteiger charge is -2.11. The zero-order valence-corrected chi connectivity index (χ0v) is 12.8. The number of nitrogens with two attached hydrogens (primary N) is 1. The Bertz CT molecular complexity index is 945. The van der Waals surface area contributed by atoms with E-state index >= 15 is 0 Å².